The fraction of sp³-hybridized carbons (Fsp3) is 0.543. The van der Waals surface area contributed by atoms with Crippen LogP contribution < -0.4 is 15.5 Å². The quantitative estimate of drug-likeness (QED) is 0.129. The van der Waals surface area contributed by atoms with Gasteiger partial charge in [0.05, 0.1) is 24.8 Å². The third kappa shape index (κ3) is 10.3. The summed E-state index contributed by atoms with van der Waals surface area (Å²) in [4.78, 5) is 61.3. The first-order valence-corrected chi connectivity index (χ1v) is 21.6. The lowest BCUT2D eigenvalue weighted by molar-refractivity contribution is -0.162. The number of esters is 1. The lowest BCUT2D eigenvalue weighted by Crippen LogP contribution is -2.63. The summed E-state index contributed by atoms with van der Waals surface area (Å²) in [6.45, 7) is 9.70. The molecule has 0 spiro atoms. The molecule has 16 nitrogen and oxygen atoms in total. The second-order valence-corrected chi connectivity index (χ2v) is 17.6. The number of alkyl carbamates (subject to hydrolysis) is 1. The van der Waals surface area contributed by atoms with Crippen molar-refractivity contribution in [2.75, 3.05) is 35.4 Å². The molecule has 2 saturated heterocycles. The van der Waals surface area contributed by atoms with Crippen molar-refractivity contribution in [2.24, 2.45) is 5.92 Å². The molecule has 3 aliphatic rings. The Labute approximate surface area is 373 Å². The number of hydrogen-bond acceptors (Lipinski definition) is 13. The van der Waals surface area contributed by atoms with E-state index in [1.165, 1.54) is 19.1 Å². The molecule has 3 N–H and O–H groups in total. The predicted octanol–water partition coefficient (Wildman–Crippen LogP) is 5.23. The third-order valence-electron chi connectivity index (χ3n) is 12.9. The maximum absolute atomic E-state index is 14.4. The molecule has 2 amide bonds. The molecule has 2 unspecified atom stereocenters. The molecule has 3 aromatic rings. The summed E-state index contributed by atoms with van der Waals surface area (Å²) in [5, 5.41) is 17.5. The number of nitrogens with zero attached hydrogens (tertiary/aromatic N) is 4. The number of benzene rings is 1. The number of fused-ring (bicyclic) bond motifs is 6. The average Bonchev–Trinajstić information content (AvgIpc) is 3.83. The Morgan fingerprint density at radius 3 is 2.63 bits per heavy atom. The summed E-state index contributed by atoms with van der Waals surface area (Å²) in [7, 11) is 8.24. The largest absolute Gasteiger partial charge is 0.495 e. The van der Waals surface area contributed by atoms with Crippen LogP contribution in [0.1, 0.15) is 76.6 Å². The molecule has 1 aliphatic carbocycles. The predicted molar refractivity (Wildman–Crippen MR) is 236 cm³/mol. The number of carbonyl (C=O) groups excluding carboxylic acids is 4. The van der Waals surface area contributed by atoms with Crippen molar-refractivity contribution in [2.45, 2.75) is 121 Å². The molecule has 0 radical (unpaired) electrons. The SMILES string of the molecule is CNN(C)Cc1cc2cccnc2n1CCC(=O)N(C)[C@@H](C)C(=O)O[C@H]1CC(=O)C(C)c2cc(cc(OC)c2Cl)C/C(C)=C/C=C/[C@@H](OC)[C@@]2(O)C[C@H](OC(=O)N2)[C@@H](C)C2O[C@]21C. The van der Waals surface area contributed by atoms with Crippen LogP contribution in [0, 0.1) is 5.92 Å². The molecule has 17 heteroatoms. The van der Waals surface area contributed by atoms with Gasteiger partial charge in [0.25, 0.3) is 0 Å². The molecule has 4 bridgehead atoms. The van der Waals surface area contributed by atoms with Crippen molar-refractivity contribution in [3.05, 3.63) is 82.2 Å². The van der Waals surface area contributed by atoms with Crippen molar-refractivity contribution in [1.82, 2.24) is 30.2 Å². The topological polar surface area (TPSA) is 186 Å². The van der Waals surface area contributed by atoms with E-state index in [1.54, 1.807) is 46.2 Å². The van der Waals surface area contributed by atoms with Gasteiger partial charge in [-0.3, -0.25) is 20.3 Å². The summed E-state index contributed by atoms with van der Waals surface area (Å²) in [5.74, 6) is -2.20. The summed E-state index contributed by atoms with van der Waals surface area (Å²) >= 11 is 6.87. The maximum Gasteiger partial charge on any atom is 0.409 e. The number of methoxy groups -OCH3 is 2. The Bertz CT molecular complexity index is 2260. The van der Waals surface area contributed by atoms with Gasteiger partial charge in [0, 0.05) is 76.1 Å². The second-order valence-electron chi connectivity index (χ2n) is 17.2. The number of epoxide rings is 1. The van der Waals surface area contributed by atoms with Crippen molar-refractivity contribution in [3.63, 3.8) is 0 Å². The van der Waals surface area contributed by atoms with E-state index in [1.807, 2.05) is 73.9 Å². The second kappa shape index (κ2) is 19.5. The number of aromatic nitrogens is 2. The fourth-order valence-electron chi connectivity index (χ4n) is 8.66. The van der Waals surface area contributed by atoms with E-state index in [4.69, 9.17) is 35.3 Å². The molecule has 342 valence electrons. The Kier molecular flexibility index (Phi) is 14.7. The first-order chi connectivity index (χ1) is 29.8. The highest BCUT2D eigenvalue weighted by molar-refractivity contribution is 6.33. The molecule has 0 saturated carbocycles. The van der Waals surface area contributed by atoms with Crippen molar-refractivity contribution in [1.29, 1.82) is 0 Å². The van der Waals surface area contributed by atoms with Crippen molar-refractivity contribution < 1.29 is 48.0 Å². The number of ether oxygens (including phenoxy) is 5. The van der Waals surface area contributed by atoms with E-state index < -0.39 is 65.7 Å². The van der Waals surface area contributed by atoms with Gasteiger partial charge in [-0.1, -0.05) is 55.3 Å². The summed E-state index contributed by atoms with van der Waals surface area (Å²) in [5.41, 5.74) is 4.07. The van der Waals surface area contributed by atoms with Crippen LogP contribution in [-0.2, 0) is 52.8 Å². The van der Waals surface area contributed by atoms with Crippen molar-refractivity contribution >= 4 is 46.4 Å². The third-order valence-corrected chi connectivity index (χ3v) is 13.3. The van der Waals surface area contributed by atoms with Gasteiger partial charge in [0.1, 0.15) is 47.1 Å². The van der Waals surface area contributed by atoms with E-state index in [-0.39, 0.29) is 31.0 Å². The number of likely N-dealkylation sites (N-methyl/N-ethyl adjacent to an activating group) is 1. The monoisotopic (exact) mass is 892 g/mol. The highest BCUT2D eigenvalue weighted by atomic mass is 35.5. The molecule has 2 fully saturated rings. The highest BCUT2D eigenvalue weighted by Crippen LogP contribution is 2.49. The number of rotatable bonds is 11. The summed E-state index contributed by atoms with van der Waals surface area (Å²) in [6.07, 6.45) is 2.78. The van der Waals surface area contributed by atoms with Crippen LogP contribution in [0.15, 0.2) is 60.3 Å². The number of halogens is 1. The summed E-state index contributed by atoms with van der Waals surface area (Å²) in [6, 6.07) is 8.53. The number of Topliss-reactive ketones (excluding diaryl/α,β-unsaturated/α-hetero) is 1. The van der Waals surface area contributed by atoms with E-state index in [9.17, 15) is 24.3 Å². The highest BCUT2D eigenvalue weighted by Gasteiger charge is 2.64. The van der Waals surface area contributed by atoms with E-state index in [0.29, 0.717) is 35.8 Å². The van der Waals surface area contributed by atoms with Gasteiger partial charge in [-0.05, 0) is 69.6 Å². The molecule has 4 heterocycles. The van der Waals surface area contributed by atoms with Crippen molar-refractivity contribution in [3.8, 4) is 5.75 Å². The molecule has 1 aromatic carbocycles. The Morgan fingerprint density at radius 2 is 1.94 bits per heavy atom. The van der Waals surface area contributed by atoms with Gasteiger partial charge in [-0.25, -0.2) is 19.6 Å². The van der Waals surface area contributed by atoms with Crippen LogP contribution in [0.5, 0.6) is 5.75 Å². The minimum absolute atomic E-state index is 0.0571. The van der Waals surface area contributed by atoms with E-state index in [0.717, 1.165) is 27.9 Å². The van der Waals surface area contributed by atoms with Crippen LogP contribution in [0.2, 0.25) is 5.02 Å². The number of aliphatic hydroxyl groups is 1. The van der Waals surface area contributed by atoms with Gasteiger partial charge >= 0.3 is 12.1 Å². The normalized spacial score (nSPS) is 29.4. The van der Waals surface area contributed by atoms with Crippen LogP contribution in [-0.4, -0.2) is 125 Å². The van der Waals surface area contributed by atoms with Gasteiger partial charge in [-0.2, -0.15) is 0 Å². The van der Waals surface area contributed by atoms with E-state index >= 15 is 0 Å². The number of ketones is 1. The molecule has 2 aromatic heterocycles. The summed E-state index contributed by atoms with van der Waals surface area (Å²) < 4.78 is 31.6. The number of aryl methyl sites for hydroxylation is 1. The number of carbonyl (C=O) groups is 4. The molecule has 2 aliphatic heterocycles. The van der Waals surface area contributed by atoms with Crippen LogP contribution >= 0.6 is 11.6 Å². The number of allylic oxidation sites excluding steroid dienone is 3. The zero-order valence-corrected chi connectivity index (χ0v) is 38.5. The zero-order chi connectivity index (χ0) is 46.0. The minimum Gasteiger partial charge on any atom is -0.495 e. The number of hydrogen-bond donors (Lipinski definition) is 3. The molecule has 9 atom stereocenters. The Morgan fingerprint density at radius 1 is 1.19 bits per heavy atom. The maximum atomic E-state index is 14.4. The number of nitrogens with one attached hydrogen (secondary N) is 2. The average molecular weight is 893 g/mol. The van der Waals surface area contributed by atoms with Gasteiger partial charge in [0.15, 0.2) is 5.72 Å². The van der Waals surface area contributed by atoms with Crippen LogP contribution in [0.25, 0.3) is 11.0 Å². The fourth-order valence-corrected chi connectivity index (χ4v) is 9.01. The lowest BCUT2D eigenvalue weighted by Gasteiger charge is -2.42. The van der Waals surface area contributed by atoms with Gasteiger partial charge in [-0.15, -0.1) is 0 Å². The Balaban J connectivity index is 1.28. The number of hydrazine groups is 1. The number of pyridine rings is 1. The van der Waals surface area contributed by atoms with Gasteiger partial charge in [0.2, 0.25) is 5.91 Å². The lowest BCUT2D eigenvalue weighted by atomic mass is 9.82. The molecular formula is C46H61ClN6O10. The molecule has 63 heavy (non-hydrogen) atoms. The van der Waals surface area contributed by atoms with E-state index in [2.05, 4.69) is 15.7 Å². The first kappa shape index (κ1) is 47.6. The molecular weight excluding hydrogens is 832 g/mol. The first-order valence-electron chi connectivity index (χ1n) is 21.3. The smallest absolute Gasteiger partial charge is 0.409 e. The standard InChI is InChI=1S/C46H61ClN6O10/c1-26-13-11-15-37(60-10)46(58)24-36(61-44(57)50-46)28(3)41-45(5,63-41)38(23-34(54)27(2)33-20-30(19-26)21-35(59-9)40(33)47)62-43(56)29(4)52(8)39(55)16-18-53-32(25-51(7)48-6)22-31-14-12-17-49-42(31)53/h11-15,17,20-22,27-29,36-38,41,48,58H,16,18-19,23-25H2,1-10H3,(H,50,57)/b15-11+,26-13+/t27?,28-,29+,36+,37-,38+,41?,45+,46+/m1/s1. The van der Waals surface area contributed by atoms with Gasteiger partial charge < -0.3 is 38.3 Å². The Hall–Kier alpha value is -4.84. The van der Waals surface area contributed by atoms with Crippen LogP contribution in [0.3, 0.4) is 0 Å². The zero-order valence-electron chi connectivity index (χ0n) is 37.8. The molecule has 6 rings (SSSR count). The minimum atomic E-state index is -1.84. The number of amides is 2. The van der Waals surface area contributed by atoms with Crippen LogP contribution in [0.4, 0.5) is 4.79 Å².